The molecule has 0 unspecified atom stereocenters. The summed E-state index contributed by atoms with van der Waals surface area (Å²) < 4.78 is 39.1. The summed E-state index contributed by atoms with van der Waals surface area (Å²) in [5.74, 6) is 1.35. The van der Waals surface area contributed by atoms with Gasteiger partial charge in [-0.15, -0.1) is 0 Å². The number of fused-ring (bicyclic) bond motifs is 1. The third kappa shape index (κ3) is 4.34. The normalized spacial score (nSPS) is 15.0. The predicted molar refractivity (Wildman–Crippen MR) is 133 cm³/mol. The number of nitriles is 1. The van der Waals surface area contributed by atoms with Gasteiger partial charge in [0.05, 0.1) is 12.0 Å². The summed E-state index contributed by atoms with van der Waals surface area (Å²) in [5, 5.41) is 11.8. The van der Waals surface area contributed by atoms with Crippen LogP contribution >= 0.6 is 0 Å². The van der Waals surface area contributed by atoms with E-state index in [1.165, 1.54) is 11.4 Å². The van der Waals surface area contributed by atoms with Crippen LogP contribution in [-0.2, 0) is 10.0 Å². The maximum atomic E-state index is 13.2. The molecule has 178 valence electrons. The van der Waals surface area contributed by atoms with Gasteiger partial charge in [-0.25, -0.2) is 8.42 Å². The number of oxazole rings is 1. The summed E-state index contributed by atoms with van der Waals surface area (Å²) in [6.45, 7) is 1.57. The van der Waals surface area contributed by atoms with Crippen LogP contribution in [0.3, 0.4) is 0 Å². The summed E-state index contributed by atoms with van der Waals surface area (Å²) in [4.78, 5) is 6.60. The number of hydrogen-bond donors (Lipinski definition) is 0. The Morgan fingerprint density at radius 1 is 0.971 bits per heavy atom. The molecular weight excluding hydrogens is 464 g/mol. The fourth-order valence-corrected chi connectivity index (χ4v) is 5.83. The maximum absolute atomic E-state index is 13.2. The molecule has 2 heterocycles. The predicted octanol–water partition coefficient (Wildman–Crippen LogP) is 4.28. The summed E-state index contributed by atoms with van der Waals surface area (Å²) in [7, 11) is -2.11. The van der Waals surface area contributed by atoms with Crippen molar-refractivity contribution < 1.29 is 17.6 Å². The lowest BCUT2D eigenvalue weighted by atomic mass is 10.0. The van der Waals surface area contributed by atoms with E-state index >= 15 is 0 Å². The molecule has 9 heteroatoms. The van der Waals surface area contributed by atoms with Crippen molar-refractivity contribution in [2.75, 3.05) is 38.2 Å². The smallest absolute Gasteiger partial charge is 0.243 e. The number of ether oxygens (including phenoxy) is 1. The fourth-order valence-electron chi connectivity index (χ4n) is 4.36. The first-order valence-electron chi connectivity index (χ1n) is 11.3. The largest absolute Gasteiger partial charge is 0.497 e. The molecule has 1 aromatic heterocycles. The molecule has 1 aliphatic heterocycles. The average Bonchev–Trinajstić information content (AvgIpc) is 3.16. The highest BCUT2D eigenvalue weighted by atomic mass is 32.2. The third-order valence-corrected chi connectivity index (χ3v) is 8.09. The number of rotatable bonds is 5. The third-order valence-electron chi connectivity index (χ3n) is 6.17. The van der Waals surface area contributed by atoms with Crippen LogP contribution in [0.1, 0.15) is 12.1 Å². The van der Waals surface area contributed by atoms with Crippen molar-refractivity contribution in [2.24, 2.45) is 0 Å². The highest BCUT2D eigenvalue weighted by Gasteiger charge is 2.29. The van der Waals surface area contributed by atoms with Crippen molar-refractivity contribution in [3.63, 3.8) is 0 Å². The zero-order chi connectivity index (χ0) is 24.4. The summed E-state index contributed by atoms with van der Waals surface area (Å²) in [6.07, 6.45) is 0.588. The van der Waals surface area contributed by atoms with Crippen molar-refractivity contribution in [1.29, 1.82) is 5.26 Å². The Kier molecular flexibility index (Phi) is 6.16. The van der Waals surface area contributed by atoms with Crippen molar-refractivity contribution in [2.45, 2.75) is 11.3 Å². The minimum Gasteiger partial charge on any atom is -0.497 e. The van der Waals surface area contributed by atoms with E-state index in [2.05, 4.69) is 11.1 Å². The molecule has 0 bridgehead atoms. The molecule has 0 atom stereocenters. The second kappa shape index (κ2) is 9.41. The van der Waals surface area contributed by atoms with Crippen molar-refractivity contribution >= 4 is 26.7 Å². The number of hydrogen-bond acceptors (Lipinski definition) is 7. The number of anilines is 1. The van der Waals surface area contributed by atoms with Crippen LogP contribution in [0, 0.1) is 11.3 Å². The molecule has 1 saturated heterocycles. The zero-order valence-corrected chi connectivity index (χ0v) is 20.0. The summed E-state index contributed by atoms with van der Waals surface area (Å²) in [5.41, 5.74) is 1.00. The molecule has 35 heavy (non-hydrogen) atoms. The molecule has 5 rings (SSSR count). The van der Waals surface area contributed by atoms with E-state index < -0.39 is 10.0 Å². The van der Waals surface area contributed by atoms with E-state index in [9.17, 15) is 13.7 Å². The molecule has 0 aliphatic carbocycles. The van der Waals surface area contributed by atoms with Gasteiger partial charge in [-0.1, -0.05) is 36.4 Å². The molecule has 0 spiro atoms. The Balaban J connectivity index is 1.41. The fraction of sp³-hybridized carbons (Fsp3) is 0.231. The molecule has 0 amide bonds. The van der Waals surface area contributed by atoms with Gasteiger partial charge in [0, 0.05) is 31.7 Å². The Hall–Kier alpha value is -3.87. The van der Waals surface area contributed by atoms with E-state index in [1.807, 2.05) is 47.4 Å². The van der Waals surface area contributed by atoms with Crippen LogP contribution in [-0.4, -0.2) is 51.0 Å². The van der Waals surface area contributed by atoms with Gasteiger partial charge in [0.25, 0.3) is 0 Å². The standard InChI is InChI=1S/C26H24N4O4S/c1-33-20-10-12-21(13-11-20)35(31,32)30-15-5-14-29(16-17-30)26-24(18-27)28-25(34-26)23-9-4-7-19-6-2-3-8-22(19)23/h2-4,6-13H,5,14-17H2,1H3. The molecule has 0 N–H and O–H groups in total. The first-order valence-corrected chi connectivity index (χ1v) is 12.7. The van der Waals surface area contributed by atoms with Crippen LogP contribution in [0.2, 0.25) is 0 Å². The van der Waals surface area contributed by atoms with Gasteiger partial charge >= 0.3 is 0 Å². The Morgan fingerprint density at radius 2 is 1.74 bits per heavy atom. The minimum atomic E-state index is -3.65. The van der Waals surface area contributed by atoms with Crippen LogP contribution in [0.25, 0.3) is 22.2 Å². The minimum absolute atomic E-state index is 0.194. The van der Waals surface area contributed by atoms with Crippen molar-refractivity contribution in [3.05, 3.63) is 72.4 Å². The van der Waals surface area contributed by atoms with E-state index in [1.54, 1.807) is 24.3 Å². The van der Waals surface area contributed by atoms with Gasteiger partial charge in [0.15, 0.2) is 0 Å². The second-order valence-electron chi connectivity index (χ2n) is 8.23. The molecule has 4 aromatic rings. The van der Waals surface area contributed by atoms with Gasteiger partial charge in [0.2, 0.25) is 27.5 Å². The lowest BCUT2D eigenvalue weighted by Gasteiger charge is -2.21. The highest BCUT2D eigenvalue weighted by molar-refractivity contribution is 7.89. The van der Waals surface area contributed by atoms with Crippen LogP contribution in [0.5, 0.6) is 5.75 Å². The van der Waals surface area contributed by atoms with Gasteiger partial charge in [-0.2, -0.15) is 14.6 Å². The highest BCUT2D eigenvalue weighted by Crippen LogP contribution is 2.33. The molecular formula is C26H24N4O4S. The monoisotopic (exact) mass is 488 g/mol. The van der Waals surface area contributed by atoms with E-state index in [0.29, 0.717) is 43.6 Å². The van der Waals surface area contributed by atoms with E-state index in [-0.39, 0.29) is 17.1 Å². The van der Waals surface area contributed by atoms with Gasteiger partial charge in [-0.05, 0) is 47.5 Å². The van der Waals surface area contributed by atoms with Crippen molar-refractivity contribution in [3.8, 4) is 23.3 Å². The van der Waals surface area contributed by atoms with E-state index in [0.717, 1.165) is 16.3 Å². The number of aromatic nitrogens is 1. The second-order valence-corrected chi connectivity index (χ2v) is 10.2. The van der Waals surface area contributed by atoms with E-state index in [4.69, 9.17) is 9.15 Å². The quantitative estimate of drug-likeness (QED) is 0.413. The van der Waals surface area contributed by atoms with Crippen molar-refractivity contribution in [1.82, 2.24) is 9.29 Å². The number of methoxy groups -OCH3 is 1. The first kappa shape index (κ1) is 22.9. The molecule has 3 aromatic carbocycles. The average molecular weight is 489 g/mol. The molecule has 1 aliphatic rings. The lowest BCUT2D eigenvalue weighted by Crippen LogP contribution is -2.35. The summed E-state index contributed by atoms with van der Waals surface area (Å²) >= 11 is 0. The van der Waals surface area contributed by atoms with Crippen LogP contribution in [0.4, 0.5) is 5.88 Å². The number of benzene rings is 3. The number of sulfonamides is 1. The Morgan fingerprint density at radius 3 is 2.51 bits per heavy atom. The topological polar surface area (TPSA) is 99.7 Å². The molecule has 1 fully saturated rings. The van der Waals surface area contributed by atoms with Gasteiger partial charge in [0.1, 0.15) is 11.8 Å². The van der Waals surface area contributed by atoms with Gasteiger partial charge in [-0.3, -0.25) is 0 Å². The first-order chi connectivity index (χ1) is 17.0. The van der Waals surface area contributed by atoms with Crippen LogP contribution in [0.15, 0.2) is 76.0 Å². The molecule has 0 saturated carbocycles. The Labute approximate surface area is 204 Å². The Bertz CT molecular complexity index is 1500. The molecule has 8 nitrogen and oxygen atoms in total. The SMILES string of the molecule is COc1ccc(S(=O)(=O)N2CCCN(c3oc(-c4cccc5ccccc45)nc3C#N)CC2)cc1. The van der Waals surface area contributed by atoms with Crippen LogP contribution < -0.4 is 9.64 Å². The lowest BCUT2D eigenvalue weighted by molar-refractivity contribution is 0.413. The molecule has 0 radical (unpaired) electrons. The zero-order valence-electron chi connectivity index (χ0n) is 19.2. The van der Waals surface area contributed by atoms with Gasteiger partial charge < -0.3 is 14.1 Å². The number of nitrogens with zero attached hydrogens (tertiary/aromatic N) is 4. The maximum Gasteiger partial charge on any atom is 0.243 e. The summed E-state index contributed by atoms with van der Waals surface area (Å²) in [6, 6.07) is 22.3.